The summed E-state index contributed by atoms with van der Waals surface area (Å²) in [5.74, 6) is 0.719. The van der Waals surface area contributed by atoms with E-state index in [1.807, 2.05) is 6.92 Å². The first-order valence-corrected chi connectivity index (χ1v) is 5.27. The number of amidine groups is 1. The molecule has 0 aromatic rings. The Morgan fingerprint density at radius 2 is 2.21 bits per heavy atom. The number of nitrogens with two attached hydrogens (primary N) is 1. The largest absolute Gasteiger partial charge is 0.385 e. The number of hydrogen-bond acceptors (Lipinski definition) is 3. The average molecular weight is 200 g/mol. The third kappa shape index (κ3) is 3.64. The lowest BCUT2D eigenvalue weighted by atomic mass is 10.0. The first-order chi connectivity index (χ1) is 6.74. The first-order valence-electron chi connectivity index (χ1n) is 5.27. The zero-order chi connectivity index (χ0) is 10.4. The van der Waals surface area contributed by atoms with Crippen LogP contribution in [0, 0.1) is 11.3 Å². The van der Waals surface area contributed by atoms with E-state index < -0.39 is 0 Å². The summed E-state index contributed by atoms with van der Waals surface area (Å²) in [4.78, 5) is 0. The molecule has 0 radical (unpaired) electrons. The molecule has 1 fully saturated rings. The summed E-state index contributed by atoms with van der Waals surface area (Å²) in [5, 5.41) is 7.30. The lowest BCUT2D eigenvalue weighted by molar-refractivity contribution is 0.00732. The number of ether oxygens (including phenoxy) is 2. The van der Waals surface area contributed by atoms with E-state index in [-0.39, 0.29) is 11.9 Å². The van der Waals surface area contributed by atoms with Crippen molar-refractivity contribution in [1.82, 2.24) is 0 Å². The third-order valence-electron chi connectivity index (χ3n) is 2.59. The monoisotopic (exact) mass is 200 g/mol. The van der Waals surface area contributed by atoms with E-state index in [0.29, 0.717) is 12.5 Å². The normalized spacial score (nSPS) is 20.6. The zero-order valence-electron chi connectivity index (χ0n) is 8.79. The molecule has 1 unspecified atom stereocenters. The quantitative estimate of drug-likeness (QED) is 0.516. The fourth-order valence-electron chi connectivity index (χ4n) is 1.59. The molecule has 4 heteroatoms. The van der Waals surface area contributed by atoms with Gasteiger partial charge in [-0.2, -0.15) is 0 Å². The second-order valence-corrected chi connectivity index (χ2v) is 3.74. The third-order valence-corrected chi connectivity index (χ3v) is 2.59. The number of hydrogen-bond donors (Lipinski definition) is 2. The Balaban J connectivity index is 2.20. The SMILES string of the molecule is CCC(OCC1CCOCC1)C(=N)N. The van der Waals surface area contributed by atoms with E-state index in [0.717, 1.165) is 32.5 Å². The van der Waals surface area contributed by atoms with Crippen LogP contribution >= 0.6 is 0 Å². The van der Waals surface area contributed by atoms with Gasteiger partial charge in [0, 0.05) is 13.2 Å². The van der Waals surface area contributed by atoms with Crippen molar-refractivity contribution in [2.75, 3.05) is 19.8 Å². The molecule has 0 bridgehead atoms. The van der Waals surface area contributed by atoms with Crippen molar-refractivity contribution in [3.05, 3.63) is 0 Å². The molecule has 0 spiro atoms. The molecule has 1 aliphatic rings. The second kappa shape index (κ2) is 5.98. The molecule has 1 aliphatic heterocycles. The molecular formula is C10H20N2O2. The maximum Gasteiger partial charge on any atom is 0.120 e. The minimum atomic E-state index is -0.196. The van der Waals surface area contributed by atoms with Gasteiger partial charge in [-0.25, -0.2) is 0 Å². The molecule has 0 amide bonds. The van der Waals surface area contributed by atoms with Crippen LogP contribution < -0.4 is 5.73 Å². The van der Waals surface area contributed by atoms with E-state index >= 15 is 0 Å². The van der Waals surface area contributed by atoms with Crippen LogP contribution in [0.4, 0.5) is 0 Å². The van der Waals surface area contributed by atoms with Gasteiger partial charge < -0.3 is 15.2 Å². The minimum Gasteiger partial charge on any atom is -0.385 e. The van der Waals surface area contributed by atoms with Crippen LogP contribution in [0.5, 0.6) is 0 Å². The Labute approximate surface area is 85.3 Å². The van der Waals surface area contributed by atoms with Crippen molar-refractivity contribution in [1.29, 1.82) is 5.41 Å². The van der Waals surface area contributed by atoms with Gasteiger partial charge in [0.1, 0.15) is 11.9 Å². The molecule has 0 aromatic heterocycles. The summed E-state index contributed by atoms with van der Waals surface area (Å²) in [6, 6.07) is 0. The van der Waals surface area contributed by atoms with Gasteiger partial charge in [0.15, 0.2) is 0 Å². The summed E-state index contributed by atoms with van der Waals surface area (Å²) in [6.07, 6.45) is 2.71. The van der Waals surface area contributed by atoms with Gasteiger partial charge in [-0.1, -0.05) is 6.92 Å². The summed E-state index contributed by atoms with van der Waals surface area (Å²) >= 11 is 0. The molecule has 1 saturated heterocycles. The molecule has 82 valence electrons. The first kappa shape index (κ1) is 11.5. The smallest absolute Gasteiger partial charge is 0.120 e. The van der Waals surface area contributed by atoms with Crippen LogP contribution in [0.3, 0.4) is 0 Å². The second-order valence-electron chi connectivity index (χ2n) is 3.74. The highest BCUT2D eigenvalue weighted by molar-refractivity contribution is 5.81. The zero-order valence-corrected chi connectivity index (χ0v) is 8.79. The van der Waals surface area contributed by atoms with Crippen LogP contribution in [-0.2, 0) is 9.47 Å². The Kier molecular flexibility index (Phi) is 4.90. The predicted molar refractivity (Wildman–Crippen MR) is 55.5 cm³/mol. The average Bonchev–Trinajstić information content (AvgIpc) is 2.20. The highest BCUT2D eigenvalue weighted by atomic mass is 16.5. The van der Waals surface area contributed by atoms with Crippen molar-refractivity contribution in [3.8, 4) is 0 Å². The van der Waals surface area contributed by atoms with Gasteiger partial charge in [0.05, 0.1) is 6.61 Å². The summed E-state index contributed by atoms with van der Waals surface area (Å²) in [7, 11) is 0. The van der Waals surface area contributed by atoms with E-state index in [1.165, 1.54) is 0 Å². The van der Waals surface area contributed by atoms with Gasteiger partial charge in [-0.3, -0.25) is 5.41 Å². The molecule has 0 aromatic carbocycles. The van der Waals surface area contributed by atoms with Crippen molar-refractivity contribution in [2.24, 2.45) is 11.7 Å². The maximum absolute atomic E-state index is 7.30. The van der Waals surface area contributed by atoms with Crippen LogP contribution in [0.15, 0.2) is 0 Å². The predicted octanol–water partition coefficient (Wildman–Crippen LogP) is 1.14. The fraction of sp³-hybridized carbons (Fsp3) is 0.900. The van der Waals surface area contributed by atoms with Crippen molar-refractivity contribution in [2.45, 2.75) is 32.3 Å². The highest BCUT2D eigenvalue weighted by Gasteiger charge is 2.17. The maximum atomic E-state index is 7.30. The van der Waals surface area contributed by atoms with Gasteiger partial charge >= 0.3 is 0 Å². The van der Waals surface area contributed by atoms with E-state index in [4.69, 9.17) is 20.6 Å². The summed E-state index contributed by atoms with van der Waals surface area (Å²) in [5.41, 5.74) is 5.40. The highest BCUT2D eigenvalue weighted by Crippen LogP contribution is 2.15. The van der Waals surface area contributed by atoms with Gasteiger partial charge in [0.25, 0.3) is 0 Å². The lowest BCUT2D eigenvalue weighted by Gasteiger charge is -2.24. The molecule has 1 atom stereocenters. The van der Waals surface area contributed by atoms with Crippen molar-refractivity contribution >= 4 is 5.84 Å². The van der Waals surface area contributed by atoms with Gasteiger partial charge in [-0.05, 0) is 25.2 Å². The fourth-order valence-corrected chi connectivity index (χ4v) is 1.59. The molecule has 14 heavy (non-hydrogen) atoms. The number of rotatable bonds is 5. The Morgan fingerprint density at radius 3 is 2.71 bits per heavy atom. The number of nitrogens with one attached hydrogen (secondary N) is 1. The molecular weight excluding hydrogens is 180 g/mol. The van der Waals surface area contributed by atoms with Crippen molar-refractivity contribution in [3.63, 3.8) is 0 Å². The van der Waals surface area contributed by atoms with Crippen molar-refractivity contribution < 1.29 is 9.47 Å². The van der Waals surface area contributed by atoms with Crippen LogP contribution in [0.25, 0.3) is 0 Å². The Bertz CT molecular complexity index is 179. The van der Waals surface area contributed by atoms with Crippen LogP contribution in [-0.4, -0.2) is 31.8 Å². The molecule has 1 heterocycles. The Morgan fingerprint density at radius 1 is 1.57 bits per heavy atom. The molecule has 1 rings (SSSR count). The van der Waals surface area contributed by atoms with Gasteiger partial charge in [-0.15, -0.1) is 0 Å². The summed E-state index contributed by atoms with van der Waals surface area (Å²) in [6.45, 7) is 4.37. The Hall–Kier alpha value is -0.610. The van der Waals surface area contributed by atoms with E-state index in [9.17, 15) is 0 Å². The van der Waals surface area contributed by atoms with Crippen LogP contribution in [0.1, 0.15) is 26.2 Å². The molecule has 4 nitrogen and oxygen atoms in total. The van der Waals surface area contributed by atoms with Crippen LogP contribution in [0.2, 0.25) is 0 Å². The van der Waals surface area contributed by atoms with E-state index in [2.05, 4.69) is 0 Å². The molecule has 0 saturated carbocycles. The minimum absolute atomic E-state index is 0.138. The lowest BCUT2D eigenvalue weighted by Crippen LogP contribution is -2.32. The summed E-state index contributed by atoms with van der Waals surface area (Å²) < 4.78 is 10.8. The van der Waals surface area contributed by atoms with E-state index in [1.54, 1.807) is 0 Å². The molecule has 0 aliphatic carbocycles. The van der Waals surface area contributed by atoms with Gasteiger partial charge in [0.2, 0.25) is 0 Å². The topological polar surface area (TPSA) is 68.3 Å². The molecule has 3 N–H and O–H groups in total. The standard InChI is InChI=1S/C10H20N2O2/c1-2-9(10(11)12)14-7-8-3-5-13-6-4-8/h8-9H,2-7H2,1H3,(H3,11,12).